The van der Waals surface area contributed by atoms with Crippen molar-refractivity contribution in [1.82, 2.24) is 35.5 Å². The van der Waals surface area contributed by atoms with Crippen LogP contribution in [0.5, 0.6) is 0 Å². The molecule has 0 aliphatic carbocycles. The van der Waals surface area contributed by atoms with Gasteiger partial charge in [0.15, 0.2) is 5.65 Å². The Morgan fingerprint density at radius 2 is 1.91 bits per heavy atom. The second-order valence-corrected chi connectivity index (χ2v) is 8.75. The van der Waals surface area contributed by atoms with E-state index in [-0.39, 0.29) is 5.91 Å². The Bertz CT molecular complexity index is 1450. The SMILES string of the molecule is O=C(CC1CCNCC1)Nc1cncc(-c2cnc3n[nH]c(-c4cc5cnccc5[nH]4)c3c2)c1. The number of hydrogen-bond acceptors (Lipinski definition) is 6. The molecule has 0 spiro atoms. The van der Waals surface area contributed by atoms with Crippen LogP contribution in [0.15, 0.2) is 55.2 Å². The first-order chi connectivity index (χ1) is 16.7. The van der Waals surface area contributed by atoms with Gasteiger partial charge in [-0.25, -0.2) is 4.98 Å². The molecule has 4 N–H and O–H groups in total. The van der Waals surface area contributed by atoms with Crippen LogP contribution in [-0.4, -0.2) is 49.1 Å². The molecule has 5 aromatic heterocycles. The van der Waals surface area contributed by atoms with Gasteiger partial charge in [-0.2, -0.15) is 5.10 Å². The molecule has 6 rings (SSSR count). The average molecular weight is 453 g/mol. The molecular weight excluding hydrogens is 428 g/mol. The van der Waals surface area contributed by atoms with Crippen molar-refractivity contribution in [2.75, 3.05) is 18.4 Å². The second kappa shape index (κ2) is 8.68. The van der Waals surface area contributed by atoms with Crippen LogP contribution in [0.25, 0.3) is 44.5 Å². The van der Waals surface area contributed by atoms with Crippen LogP contribution in [0.4, 0.5) is 5.69 Å². The molecule has 1 fully saturated rings. The zero-order valence-corrected chi connectivity index (χ0v) is 18.5. The van der Waals surface area contributed by atoms with Gasteiger partial charge in [0.1, 0.15) is 0 Å². The summed E-state index contributed by atoms with van der Waals surface area (Å²) in [5, 5.41) is 15.7. The fraction of sp³-hybridized carbons (Fsp3) is 0.240. The molecule has 0 bridgehead atoms. The van der Waals surface area contributed by atoms with Crippen LogP contribution in [0, 0.1) is 5.92 Å². The molecular formula is C25H24N8O. The van der Waals surface area contributed by atoms with Gasteiger partial charge < -0.3 is 15.6 Å². The third-order valence-corrected chi connectivity index (χ3v) is 6.39. The minimum absolute atomic E-state index is 0.0323. The van der Waals surface area contributed by atoms with Gasteiger partial charge in [-0.1, -0.05) is 0 Å². The number of aromatic nitrogens is 6. The quantitative estimate of drug-likeness (QED) is 0.321. The van der Waals surface area contributed by atoms with Crippen molar-refractivity contribution < 1.29 is 4.79 Å². The van der Waals surface area contributed by atoms with Crippen LogP contribution in [0.1, 0.15) is 19.3 Å². The molecule has 0 aromatic carbocycles. The van der Waals surface area contributed by atoms with Crippen molar-refractivity contribution in [3.8, 4) is 22.5 Å². The third kappa shape index (κ3) is 4.01. The Labute approximate surface area is 195 Å². The molecule has 1 saturated heterocycles. The number of aromatic amines is 2. The molecule has 0 unspecified atom stereocenters. The lowest BCUT2D eigenvalue weighted by Gasteiger charge is -2.21. The number of nitrogens with zero attached hydrogens (tertiary/aromatic N) is 4. The predicted octanol–water partition coefficient (Wildman–Crippen LogP) is 3.89. The first kappa shape index (κ1) is 20.5. The highest BCUT2D eigenvalue weighted by atomic mass is 16.1. The van der Waals surface area contributed by atoms with Crippen LogP contribution >= 0.6 is 0 Å². The van der Waals surface area contributed by atoms with E-state index in [2.05, 4.69) is 40.8 Å². The van der Waals surface area contributed by atoms with Gasteiger partial charge in [-0.05, 0) is 56.1 Å². The van der Waals surface area contributed by atoms with Crippen molar-refractivity contribution in [2.45, 2.75) is 19.3 Å². The maximum absolute atomic E-state index is 12.6. The summed E-state index contributed by atoms with van der Waals surface area (Å²) in [5.41, 5.74) is 5.88. The Hall–Kier alpha value is -4.11. The summed E-state index contributed by atoms with van der Waals surface area (Å²) in [5.74, 6) is 0.466. The number of pyridine rings is 3. The molecule has 5 aromatic rings. The van der Waals surface area contributed by atoms with Crippen molar-refractivity contribution in [3.63, 3.8) is 0 Å². The van der Waals surface area contributed by atoms with Crippen LogP contribution < -0.4 is 10.6 Å². The maximum atomic E-state index is 12.6. The average Bonchev–Trinajstić information content (AvgIpc) is 3.48. The minimum atomic E-state index is 0.0323. The third-order valence-electron chi connectivity index (χ3n) is 6.39. The van der Waals surface area contributed by atoms with Gasteiger partial charge >= 0.3 is 0 Å². The largest absolute Gasteiger partial charge is 0.353 e. The van der Waals surface area contributed by atoms with Crippen LogP contribution in [-0.2, 0) is 4.79 Å². The number of H-pyrrole nitrogens is 2. The molecule has 0 atom stereocenters. The van der Waals surface area contributed by atoms with E-state index in [1.807, 2.05) is 30.5 Å². The smallest absolute Gasteiger partial charge is 0.224 e. The van der Waals surface area contributed by atoms with Gasteiger partial charge in [0.05, 0.1) is 23.3 Å². The lowest BCUT2D eigenvalue weighted by Crippen LogP contribution is -2.30. The number of carbonyl (C=O) groups is 1. The molecule has 1 amide bonds. The second-order valence-electron chi connectivity index (χ2n) is 8.75. The fourth-order valence-electron chi connectivity index (χ4n) is 4.60. The fourth-order valence-corrected chi connectivity index (χ4v) is 4.60. The Balaban J connectivity index is 1.27. The van der Waals surface area contributed by atoms with Gasteiger partial charge in [-0.15, -0.1) is 0 Å². The zero-order valence-electron chi connectivity index (χ0n) is 18.5. The Morgan fingerprint density at radius 3 is 2.79 bits per heavy atom. The molecule has 170 valence electrons. The molecule has 0 radical (unpaired) electrons. The summed E-state index contributed by atoms with van der Waals surface area (Å²) in [6, 6.07) is 7.97. The summed E-state index contributed by atoms with van der Waals surface area (Å²) in [7, 11) is 0. The number of nitrogens with one attached hydrogen (secondary N) is 4. The van der Waals surface area contributed by atoms with Crippen molar-refractivity contribution in [1.29, 1.82) is 0 Å². The monoisotopic (exact) mass is 452 g/mol. The van der Waals surface area contributed by atoms with Crippen molar-refractivity contribution in [3.05, 3.63) is 55.2 Å². The zero-order chi connectivity index (χ0) is 22.9. The molecule has 34 heavy (non-hydrogen) atoms. The van der Waals surface area contributed by atoms with Gasteiger partial charge in [0.2, 0.25) is 5.91 Å². The van der Waals surface area contributed by atoms with Crippen LogP contribution in [0.2, 0.25) is 0 Å². The lowest BCUT2D eigenvalue weighted by molar-refractivity contribution is -0.117. The Morgan fingerprint density at radius 1 is 1.03 bits per heavy atom. The van der Waals surface area contributed by atoms with Gasteiger partial charge in [0, 0.05) is 58.6 Å². The summed E-state index contributed by atoms with van der Waals surface area (Å²) in [6.45, 7) is 1.96. The highest BCUT2D eigenvalue weighted by Crippen LogP contribution is 2.31. The lowest BCUT2D eigenvalue weighted by atomic mass is 9.94. The first-order valence-corrected chi connectivity index (χ1v) is 11.5. The van der Waals surface area contributed by atoms with E-state index in [9.17, 15) is 4.79 Å². The Kier molecular flexibility index (Phi) is 5.23. The van der Waals surface area contributed by atoms with E-state index in [1.54, 1.807) is 24.8 Å². The number of fused-ring (bicyclic) bond motifs is 2. The summed E-state index contributed by atoms with van der Waals surface area (Å²) in [4.78, 5) is 29.0. The van der Waals surface area contributed by atoms with Gasteiger partial charge in [-0.3, -0.25) is 19.9 Å². The number of carbonyl (C=O) groups excluding carboxylic acids is 1. The summed E-state index contributed by atoms with van der Waals surface area (Å²) in [6.07, 6.45) is 11.4. The number of rotatable bonds is 5. The number of amides is 1. The molecule has 0 saturated carbocycles. The van der Waals surface area contributed by atoms with E-state index in [0.29, 0.717) is 23.7 Å². The standard InChI is InChI=1S/C25H24N8O/c34-23(7-15-1-4-26-5-2-15)30-19-8-16(11-28-14-19)17-9-20-24(32-33-25(20)29-13-17)22-10-18-12-27-6-3-21(18)31-22/h3,6,8-15,26,31H,1-2,4-5,7H2,(H,30,34)(H,29,32,33). The van der Waals surface area contributed by atoms with E-state index in [1.165, 1.54) is 0 Å². The summed E-state index contributed by atoms with van der Waals surface area (Å²) >= 11 is 0. The molecule has 9 nitrogen and oxygen atoms in total. The van der Waals surface area contributed by atoms with E-state index in [0.717, 1.165) is 64.7 Å². The van der Waals surface area contributed by atoms with E-state index < -0.39 is 0 Å². The molecule has 6 heterocycles. The highest BCUT2D eigenvalue weighted by molar-refractivity contribution is 5.96. The normalized spacial score (nSPS) is 14.6. The van der Waals surface area contributed by atoms with Crippen molar-refractivity contribution in [2.24, 2.45) is 5.92 Å². The van der Waals surface area contributed by atoms with Crippen molar-refractivity contribution >= 4 is 33.5 Å². The van der Waals surface area contributed by atoms with E-state index in [4.69, 9.17) is 0 Å². The number of hydrogen-bond donors (Lipinski definition) is 4. The maximum Gasteiger partial charge on any atom is 0.224 e. The number of anilines is 1. The van der Waals surface area contributed by atoms with Gasteiger partial charge in [0.25, 0.3) is 0 Å². The first-order valence-electron chi connectivity index (χ1n) is 11.5. The summed E-state index contributed by atoms with van der Waals surface area (Å²) < 4.78 is 0. The topological polar surface area (TPSA) is 124 Å². The minimum Gasteiger partial charge on any atom is -0.353 e. The van der Waals surface area contributed by atoms with E-state index >= 15 is 0 Å². The highest BCUT2D eigenvalue weighted by Gasteiger charge is 2.17. The molecule has 1 aliphatic heterocycles. The van der Waals surface area contributed by atoms with Crippen LogP contribution in [0.3, 0.4) is 0 Å². The number of piperidine rings is 1. The molecule has 9 heteroatoms. The predicted molar refractivity (Wildman–Crippen MR) is 131 cm³/mol. The molecule has 1 aliphatic rings.